The third kappa shape index (κ3) is 3.96. The highest BCUT2D eigenvalue weighted by molar-refractivity contribution is 5.94. The lowest BCUT2D eigenvalue weighted by Crippen LogP contribution is -2.52. The fraction of sp³-hybridized carbons (Fsp3) is 0.579. The van der Waals surface area contributed by atoms with E-state index in [4.69, 9.17) is 0 Å². The molecule has 5 heteroatoms. The Balaban J connectivity index is 1.54. The Morgan fingerprint density at radius 2 is 1.92 bits per heavy atom. The number of carbonyl (C=O) groups is 2. The summed E-state index contributed by atoms with van der Waals surface area (Å²) in [4.78, 5) is 26.6. The molecule has 1 aromatic carbocycles. The van der Waals surface area contributed by atoms with Gasteiger partial charge in [0.15, 0.2) is 0 Å². The zero-order chi connectivity index (χ0) is 16.9. The molecular formula is C19H27N3O2. The molecular weight excluding hydrogens is 302 g/mol. The molecule has 2 fully saturated rings. The molecule has 0 unspecified atom stereocenters. The van der Waals surface area contributed by atoms with E-state index in [0.29, 0.717) is 6.54 Å². The van der Waals surface area contributed by atoms with Crippen molar-refractivity contribution in [1.29, 1.82) is 0 Å². The first-order valence-corrected chi connectivity index (χ1v) is 9.03. The lowest BCUT2D eigenvalue weighted by Gasteiger charge is -2.34. The van der Waals surface area contributed by atoms with Crippen LogP contribution < -0.4 is 10.6 Å². The first-order chi connectivity index (χ1) is 11.6. The van der Waals surface area contributed by atoms with Crippen molar-refractivity contribution in [2.24, 2.45) is 5.92 Å². The van der Waals surface area contributed by atoms with Gasteiger partial charge in [0.2, 0.25) is 5.91 Å². The topological polar surface area (TPSA) is 61.4 Å². The largest absolute Gasteiger partial charge is 0.352 e. The van der Waals surface area contributed by atoms with Gasteiger partial charge in [0, 0.05) is 43.7 Å². The Hall–Kier alpha value is -1.88. The van der Waals surface area contributed by atoms with Crippen molar-refractivity contribution >= 4 is 11.8 Å². The van der Waals surface area contributed by atoms with Crippen molar-refractivity contribution in [3.63, 3.8) is 0 Å². The second-order valence-electron chi connectivity index (χ2n) is 6.95. The average Bonchev–Trinajstić information content (AvgIpc) is 3.15. The molecule has 130 valence electrons. The standard InChI is InChI=1S/C19H27N3O2/c1-14-12-20-10-11-22(14)19(24)17-8-6-15(7-9-17)13-21-18(23)16-4-2-3-5-16/h6-9,14,16,20H,2-5,10-13H2,1H3,(H,21,23)/t14-/m0/s1. The maximum atomic E-state index is 12.6. The quantitative estimate of drug-likeness (QED) is 0.887. The first kappa shape index (κ1) is 17.0. The molecule has 1 aliphatic carbocycles. The fourth-order valence-electron chi connectivity index (χ4n) is 3.60. The maximum Gasteiger partial charge on any atom is 0.254 e. The summed E-state index contributed by atoms with van der Waals surface area (Å²) in [5.41, 5.74) is 1.75. The van der Waals surface area contributed by atoms with E-state index in [1.54, 1.807) is 0 Å². The summed E-state index contributed by atoms with van der Waals surface area (Å²) in [6.07, 6.45) is 4.36. The molecule has 1 saturated carbocycles. The van der Waals surface area contributed by atoms with Crippen LogP contribution in [0.15, 0.2) is 24.3 Å². The highest BCUT2D eigenvalue weighted by atomic mass is 16.2. The second-order valence-corrected chi connectivity index (χ2v) is 6.95. The number of hydrogen-bond donors (Lipinski definition) is 2. The van der Waals surface area contributed by atoms with Crippen LogP contribution in [0.5, 0.6) is 0 Å². The maximum absolute atomic E-state index is 12.6. The molecule has 1 atom stereocenters. The minimum atomic E-state index is 0.0885. The Morgan fingerprint density at radius 3 is 2.58 bits per heavy atom. The van der Waals surface area contributed by atoms with Gasteiger partial charge in [-0.3, -0.25) is 9.59 Å². The molecule has 0 aromatic heterocycles. The molecule has 3 rings (SSSR count). The summed E-state index contributed by atoms with van der Waals surface area (Å²) in [6.45, 7) is 5.04. The van der Waals surface area contributed by atoms with Crippen molar-refractivity contribution in [2.75, 3.05) is 19.6 Å². The Bertz CT molecular complexity index is 579. The van der Waals surface area contributed by atoms with Gasteiger partial charge < -0.3 is 15.5 Å². The number of nitrogens with one attached hydrogen (secondary N) is 2. The molecule has 0 radical (unpaired) electrons. The molecule has 2 amide bonds. The summed E-state index contributed by atoms with van der Waals surface area (Å²) < 4.78 is 0. The van der Waals surface area contributed by atoms with Gasteiger partial charge in [0.1, 0.15) is 0 Å². The fourth-order valence-corrected chi connectivity index (χ4v) is 3.60. The Kier molecular flexibility index (Phi) is 5.51. The van der Waals surface area contributed by atoms with Gasteiger partial charge in [-0.25, -0.2) is 0 Å². The number of amides is 2. The van der Waals surface area contributed by atoms with Crippen molar-refractivity contribution in [3.05, 3.63) is 35.4 Å². The highest BCUT2D eigenvalue weighted by Crippen LogP contribution is 2.24. The van der Waals surface area contributed by atoms with Crippen LogP contribution in [0.25, 0.3) is 0 Å². The Morgan fingerprint density at radius 1 is 1.21 bits per heavy atom. The molecule has 1 aliphatic heterocycles. The van der Waals surface area contributed by atoms with Gasteiger partial charge in [-0.05, 0) is 37.5 Å². The molecule has 1 heterocycles. The number of carbonyl (C=O) groups excluding carboxylic acids is 2. The van der Waals surface area contributed by atoms with E-state index in [9.17, 15) is 9.59 Å². The average molecular weight is 329 g/mol. The van der Waals surface area contributed by atoms with E-state index < -0.39 is 0 Å². The van der Waals surface area contributed by atoms with Crippen molar-refractivity contribution < 1.29 is 9.59 Å². The third-order valence-electron chi connectivity index (χ3n) is 5.16. The minimum absolute atomic E-state index is 0.0885. The van der Waals surface area contributed by atoms with Crippen molar-refractivity contribution in [2.45, 2.75) is 45.2 Å². The zero-order valence-corrected chi connectivity index (χ0v) is 14.4. The van der Waals surface area contributed by atoms with Gasteiger partial charge in [-0.2, -0.15) is 0 Å². The number of rotatable bonds is 4. The van der Waals surface area contributed by atoms with Gasteiger partial charge in [-0.15, -0.1) is 0 Å². The summed E-state index contributed by atoms with van der Waals surface area (Å²) in [5.74, 6) is 0.452. The summed E-state index contributed by atoms with van der Waals surface area (Å²) in [6, 6.07) is 7.84. The molecule has 0 bridgehead atoms. The van der Waals surface area contributed by atoms with E-state index in [2.05, 4.69) is 17.6 Å². The van der Waals surface area contributed by atoms with Crippen LogP contribution in [-0.2, 0) is 11.3 Å². The van der Waals surface area contributed by atoms with Gasteiger partial charge >= 0.3 is 0 Å². The normalized spacial score (nSPS) is 21.7. The van der Waals surface area contributed by atoms with E-state index in [0.717, 1.165) is 43.6 Å². The third-order valence-corrected chi connectivity index (χ3v) is 5.16. The monoisotopic (exact) mass is 329 g/mol. The zero-order valence-electron chi connectivity index (χ0n) is 14.4. The highest BCUT2D eigenvalue weighted by Gasteiger charge is 2.24. The van der Waals surface area contributed by atoms with Crippen LogP contribution in [0, 0.1) is 5.92 Å². The van der Waals surface area contributed by atoms with Crippen molar-refractivity contribution in [3.8, 4) is 0 Å². The summed E-state index contributed by atoms with van der Waals surface area (Å²) >= 11 is 0. The predicted molar refractivity (Wildman–Crippen MR) is 93.6 cm³/mol. The minimum Gasteiger partial charge on any atom is -0.352 e. The van der Waals surface area contributed by atoms with E-state index in [-0.39, 0.29) is 23.8 Å². The van der Waals surface area contributed by atoms with Crippen LogP contribution in [-0.4, -0.2) is 42.4 Å². The number of benzene rings is 1. The second kappa shape index (κ2) is 7.79. The van der Waals surface area contributed by atoms with Crippen LogP contribution in [0.1, 0.15) is 48.5 Å². The number of nitrogens with zero attached hydrogens (tertiary/aromatic N) is 1. The van der Waals surface area contributed by atoms with E-state index >= 15 is 0 Å². The molecule has 5 nitrogen and oxygen atoms in total. The van der Waals surface area contributed by atoms with Gasteiger partial charge in [0.25, 0.3) is 5.91 Å². The van der Waals surface area contributed by atoms with Crippen LogP contribution in [0.3, 0.4) is 0 Å². The molecule has 1 aromatic rings. The molecule has 2 aliphatic rings. The molecule has 24 heavy (non-hydrogen) atoms. The molecule has 0 spiro atoms. The summed E-state index contributed by atoms with van der Waals surface area (Å²) in [5, 5.41) is 6.31. The van der Waals surface area contributed by atoms with E-state index in [1.165, 1.54) is 12.8 Å². The van der Waals surface area contributed by atoms with Crippen molar-refractivity contribution in [1.82, 2.24) is 15.5 Å². The van der Waals surface area contributed by atoms with E-state index in [1.807, 2.05) is 29.2 Å². The summed E-state index contributed by atoms with van der Waals surface area (Å²) in [7, 11) is 0. The lowest BCUT2D eigenvalue weighted by molar-refractivity contribution is -0.124. The predicted octanol–water partition coefficient (Wildman–Crippen LogP) is 1.93. The lowest BCUT2D eigenvalue weighted by atomic mass is 10.1. The Labute approximate surface area is 143 Å². The molecule has 2 N–H and O–H groups in total. The SMILES string of the molecule is C[C@H]1CNCCN1C(=O)c1ccc(CNC(=O)C2CCCC2)cc1. The van der Waals surface area contributed by atoms with Crippen LogP contribution in [0.4, 0.5) is 0 Å². The van der Waals surface area contributed by atoms with Crippen LogP contribution in [0.2, 0.25) is 0 Å². The number of hydrogen-bond acceptors (Lipinski definition) is 3. The number of piperazine rings is 1. The smallest absolute Gasteiger partial charge is 0.254 e. The molecule has 1 saturated heterocycles. The van der Waals surface area contributed by atoms with Gasteiger partial charge in [0.05, 0.1) is 0 Å². The first-order valence-electron chi connectivity index (χ1n) is 9.03. The van der Waals surface area contributed by atoms with Crippen LogP contribution >= 0.6 is 0 Å². The van der Waals surface area contributed by atoms with Gasteiger partial charge in [-0.1, -0.05) is 25.0 Å².